The smallest absolute Gasteiger partial charge is 0.193 e. The molecule has 134 valence electrons. The van der Waals surface area contributed by atoms with Crippen molar-refractivity contribution in [3.8, 4) is 5.75 Å². The second-order valence-electron chi connectivity index (χ2n) is 6.25. The molecule has 0 aliphatic carbocycles. The SMILES string of the molecule is CN=C(NCCOc1ccc(Cl)cc1)N1CCC2(CCOC2)C1.I. The van der Waals surface area contributed by atoms with Crippen LogP contribution in [0.1, 0.15) is 12.8 Å². The molecule has 1 aromatic carbocycles. The van der Waals surface area contributed by atoms with Crippen molar-refractivity contribution in [3.05, 3.63) is 29.3 Å². The summed E-state index contributed by atoms with van der Waals surface area (Å²) >= 11 is 5.86. The number of nitrogens with zero attached hydrogens (tertiary/aromatic N) is 2. The molecular formula is C17H25ClIN3O2. The fourth-order valence-electron chi connectivity index (χ4n) is 3.28. The Hall–Kier alpha value is -0.730. The summed E-state index contributed by atoms with van der Waals surface area (Å²) in [6.07, 6.45) is 2.36. The lowest BCUT2D eigenvalue weighted by molar-refractivity contribution is 0.156. The lowest BCUT2D eigenvalue weighted by Gasteiger charge is -2.24. The Kier molecular flexibility index (Phi) is 7.43. The minimum atomic E-state index is 0. The fourth-order valence-corrected chi connectivity index (χ4v) is 3.41. The van der Waals surface area contributed by atoms with Gasteiger partial charge in [0.1, 0.15) is 12.4 Å². The van der Waals surface area contributed by atoms with Crippen LogP contribution < -0.4 is 10.1 Å². The van der Waals surface area contributed by atoms with Crippen LogP contribution in [0.2, 0.25) is 5.02 Å². The van der Waals surface area contributed by atoms with E-state index >= 15 is 0 Å². The largest absolute Gasteiger partial charge is 0.492 e. The number of likely N-dealkylation sites (tertiary alicyclic amines) is 1. The summed E-state index contributed by atoms with van der Waals surface area (Å²) in [5.41, 5.74) is 0.345. The van der Waals surface area contributed by atoms with Crippen LogP contribution in [0.25, 0.3) is 0 Å². The molecule has 2 saturated heterocycles. The Morgan fingerprint density at radius 2 is 2.17 bits per heavy atom. The molecule has 24 heavy (non-hydrogen) atoms. The lowest BCUT2D eigenvalue weighted by Crippen LogP contribution is -2.42. The normalized spacial score (nSPS) is 23.4. The van der Waals surface area contributed by atoms with Gasteiger partial charge < -0.3 is 19.7 Å². The maximum Gasteiger partial charge on any atom is 0.193 e. The molecule has 0 amide bonds. The molecule has 5 nitrogen and oxygen atoms in total. The van der Waals surface area contributed by atoms with E-state index in [9.17, 15) is 0 Å². The molecule has 0 saturated carbocycles. The van der Waals surface area contributed by atoms with E-state index in [1.165, 1.54) is 12.8 Å². The van der Waals surface area contributed by atoms with E-state index in [0.29, 0.717) is 12.0 Å². The van der Waals surface area contributed by atoms with E-state index in [0.717, 1.165) is 49.6 Å². The van der Waals surface area contributed by atoms with E-state index in [1.807, 2.05) is 31.3 Å². The monoisotopic (exact) mass is 465 g/mol. The highest BCUT2D eigenvalue weighted by Gasteiger charge is 2.42. The number of aliphatic imine (C=N–C) groups is 1. The molecule has 0 radical (unpaired) electrons. The van der Waals surface area contributed by atoms with E-state index < -0.39 is 0 Å². The average Bonchev–Trinajstić information content (AvgIpc) is 3.20. The molecule has 1 spiro atoms. The molecule has 0 aromatic heterocycles. The first-order valence-corrected chi connectivity index (χ1v) is 8.50. The molecule has 1 N–H and O–H groups in total. The maximum atomic E-state index is 5.86. The summed E-state index contributed by atoms with van der Waals surface area (Å²) < 4.78 is 11.3. The second-order valence-corrected chi connectivity index (χ2v) is 6.69. The third-order valence-corrected chi connectivity index (χ3v) is 4.85. The molecule has 1 atom stereocenters. The van der Waals surface area contributed by atoms with Gasteiger partial charge in [-0.25, -0.2) is 0 Å². The van der Waals surface area contributed by atoms with Crippen molar-refractivity contribution in [2.24, 2.45) is 10.4 Å². The fraction of sp³-hybridized carbons (Fsp3) is 0.588. The molecule has 2 aliphatic heterocycles. The Balaban J connectivity index is 0.00000208. The van der Waals surface area contributed by atoms with Crippen molar-refractivity contribution in [1.82, 2.24) is 10.2 Å². The summed E-state index contributed by atoms with van der Waals surface area (Å²) in [5.74, 6) is 1.78. The van der Waals surface area contributed by atoms with Crippen molar-refractivity contribution >= 4 is 41.5 Å². The third-order valence-electron chi connectivity index (χ3n) is 4.60. The van der Waals surface area contributed by atoms with Crippen molar-refractivity contribution in [1.29, 1.82) is 0 Å². The number of ether oxygens (including phenoxy) is 2. The maximum absolute atomic E-state index is 5.86. The van der Waals surface area contributed by atoms with Gasteiger partial charge in [0, 0.05) is 37.2 Å². The van der Waals surface area contributed by atoms with Crippen molar-refractivity contribution in [2.75, 3.05) is 46.5 Å². The predicted octanol–water partition coefficient (Wildman–Crippen LogP) is 3.02. The molecule has 7 heteroatoms. The number of benzene rings is 1. The van der Waals surface area contributed by atoms with Crippen molar-refractivity contribution in [2.45, 2.75) is 12.8 Å². The zero-order valence-corrected chi connectivity index (χ0v) is 17.0. The summed E-state index contributed by atoms with van der Waals surface area (Å²) in [6, 6.07) is 7.41. The van der Waals surface area contributed by atoms with E-state index in [1.54, 1.807) is 0 Å². The van der Waals surface area contributed by atoms with Gasteiger partial charge in [-0.05, 0) is 37.1 Å². The predicted molar refractivity (Wildman–Crippen MR) is 108 cm³/mol. The van der Waals surface area contributed by atoms with E-state index in [4.69, 9.17) is 21.1 Å². The van der Waals surface area contributed by atoms with Crippen LogP contribution in [-0.2, 0) is 4.74 Å². The summed E-state index contributed by atoms with van der Waals surface area (Å²) in [4.78, 5) is 6.73. The Morgan fingerprint density at radius 1 is 1.38 bits per heavy atom. The van der Waals surface area contributed by atoms with Crippen molar-refractivity contribution in [3.63, 3.8) is 0 Å². The number of hydrogen-bond donors (Lipinski definition) is 1. The van der Waals surface area contributed by atoms with Crippen LogP contribution in [0, 0.1) is 5.41 Å². The van der Waals surface area contributed by atoms with E-state index in [2.05, 4.69) is 15.2 Å². The van der Waals surface area contributed by atoms with Gasteiger partial charge in [-0.15, -0.1) is 24.0 Å². The molecular weight excluding hydrogens is 441 g/mol. The summed E-state index contributed by atoms with van der Waals surface area (Å²) in [5, 5.41) is 4.10. The van der Waals surface area contributed by atoms with E-state index in [-0.39, 0.29) is 24.0 Å². The number of guanidine groups is 1. The molecule has 3 rings (SSSR count). The first-order valence-electron chi connectivity index (χ1n) is 8.13. The van der Waals surface area contributed by atoms with Gasteiger partial charge in [-0.3, -0.25) is 4.99 Å². The van der Waals surface area contributed by atoms with Gasteiger partial charge in [0.05, 0.1) is 13.2 Å². The van der Waals surface area contributed by atoms with Gasteiger partial charge in [-0.1, -0.05) is 11.6 Å². The molecule has 2 aliphatic rings. The summed E-state index contributed by atoms with van der Waals surface area (Å²) in [6.45, 7) is 5.17. The molecule has 2 heterocycles. The van der Waals surface area contributed by atoms with Crippen LogP contribution in [0.4, 0.5) is 0 Å². The lowest BCUT2D eigenvalue weighted by atomic mass is 9.87. The number of rotatable bonds is 4. The summed E-state index contributed by atoms with van der Waals surface area (Å²) in [7, 11) is 1.83. The standard InChI is InChI=1S/C17H24ClN3O2.HI/c1-19-16(21-9-6-17(12-21)7-10-22-13-17)20-8-11-23-15-4-2-14(18)3-5-15;/h2-5H,6-13H2,1H3,(H,19,20);1H. The van der Waals surface area contributed by atoms with Gasteiger partial charge >= 0.3 is 0 Å². The first-order chi connectivity index (χ1) is 11.2. The molecule has 0 bridgehead atoms. The number of hydrogen-bond acceptors (Lipinski definition) is 3. The van der Waals surface area contributed by atoms with Crippen LogP contribution in [0.3, 0.4) is 0 Å². The Bertz CT molecular complexity index is 547. The third kappa shape index (κ3) is 4.89. The highest BCUT2D eigenvalue weighted by Crippen LogP contribution is 2.38. The zero-order chi connectivity index (χ0) is 16.1. The van der Waals surface area contributed by atoms with Crippen LogP contribution in [0.15, 0.2) is 29.3 Å². The topological polar surface area (TPSA) is 46.1 Å². The number of halogens is 2. The Morgan fingerprint density at radius 3 is 2.83 bits per heavy atom. The minimum absolute atomic E-state index is 0. The Labute approximate surface area is 165 Å². The molecule has 1 unspecified atom stereocenters. The second kappa shape index (κ2) is 9.10. The minimum Gasteiger partial charge on any atom is -0.492 e. The quantitative estimate of drug-likeness (QED) is 0.321. The highest BCUT2D eigenvalue weighted by atomic mass is 127. The first kappa shape index (κ1) is 19.6. The average molecular weight is 466 g/mol. The molecule has 1 aromatic rings. The van der Waals surface area contributed by atoms with Gasteiger partial charge in [-0.2, -0.15) is 0 Å². The van der Waals surface area contributed by atoms with Crippen LogP contribution in [-0.4, -0.2) is 57.4 Å². The van der Waals surface area contributed by atoms with Gasteiger partial charge in [0.15, 0.2) is 5.96 Å². The highest BCUT2D eigenvalue weighted by molar-refractivity contribution is 14.0. The zero-order valence-electron chi connectivity index (χ0n) is 14.0. The van der Waals surface area contributed by atoms with Crippen LogP contribution >= 0.6 is 35.6 Å². The number of nitrogens with one attached hydrogen (secondary N) is 1. The van der Waals surface area contributed by atoms with Crippen molar-refractivity contribution < 1.29 is 9.47 Å². The van der Waals surface area contributed by atoms with Crippen LogP contribution in [0.5, 0.6) is 5.75 Å². The molecule has 2 fully saturated rings. The van der Waals surface area contributed by atoms with Gasteiger partial charge in [0.2, 0.25) is 0 Å². The van der Waals surface area contributed by atoms with Gasteiger partial charge in [0.25, 0.3) is 0 Å².